The first-order chi connectivity index (χ1) is 19.6. The van der Waals surface area contributed by atoms with Crippen molar-refractivity contribution in [3.05, 3.63) is 47.9 Å². The fraction of sp³-hybridized carbons (Fsp3) is 0.586. The number of aromatic nitrogens is 1. The van der Waals surface area contributed by atoms with Crippen molar-refractivity contribution >= 4 is 17.8 Å². The van der Waals surface area contributed by atoms with Crippen molar-refractivity contribution < 1.29 is 37.4 Å². The number of primary amides is 1. The van der Waals surface area contributed by atoms with Crippen LogP contribution in [0.15, 0.2) is 35.1 Å². The van der Waals surface area contributed by atoms with Gasteiger partial charge in [0.15, 0.2) is 5.89 Å². The lowest BCUT2D eigenvalue weighted by Crippen LogP contribution is -2.70. The summed E-state index contributed by atoms with van der Waals surface area (Å²) in [4.78, 5) is 47.4. The number of urea groups is 1. The first-order valence-electron chi connectivity index (χ1n) is 14.0. The van der Waals surface area contributed by atoms with Gasteiger partial charge >= 0.3 is 6.03 Å². The van der Waals surface area contributed by atoms with Gasteiger partial charge < -0.3 is 29.3 Å². The van der Waals surface area contributed by atoms with E-state index < -0.39 is 47.3 Å². The molecule has 2 N–H and O–H groups in total. The summed E-state index contributed by atoms with van der Waals surface area (Å²) in [5.74, 6) is -1.53. The van der Waals surface area contributed by atoms with Crippen molar-refractivity contribution in [1.29, 1.82) is 0 Å². The van der Waals surface area contributed by atoms with Crippen LogP contribution in [0.2, 0.25) is 0 Å². The molecule has 3 fully saturated rings. The topological polar surface area (TPSA) is 137 Å². The molecule has 3 unspecified atom stereocenters. The predicted molar refractivity (Wildman–Crippen MR) is 143 cm³/mol. The quantitative estimate of drug-likeness (QED) is 0.482. The number of benzene rings is 1. The monoisotopic (exact) mass is 572 g/mol. The fourth-order valence-electron chi connectivity index (χ4n) is 6.22. The molecule has 12 heteroatoms. The Labute approximate surface area is 238 Å². The van der Waals surface area contributed by atoms with Crippen LogP contribution in [0.25, 0.3) is 0 Å². The Hall–Kier alpha value is -3.51. The van der Waals surface area contributed by atoms with Gasteiger partial charge in [-0.15, -0.1) is 0 Å². The highest BCUT2D eigenvalue weighted by Gasteiger charge is 2.55. The third-order valence-corrected chi connectivity index (χ3v) is 8.58. The molecule has 4 amide bonds. The highest BCUT2D eigenvalue weighted by atomic mass is 19.1. The summed E-state index contributed by atoms with van der Waals surface area (Å²) in [5, 5.41) is 0. The third-order valence-electron chi connectivity index (χ3n) is 8.58. The molecule has 0 radical (unpaired) electrons. The molecular formula is C29H37FN4O7. The third kappa shape index (κ3) is 5.67. The predicted octanol–water partition coefficient (Wildman–Crippen LogP) is 3.54. The number of nitrogens with two attached hydrogens (primary N) is 1. The van der Waals surface area contributed by atoms with Crippen LogP contribution < -0.4 is 10.5 Å². The van der Waals surface area contributed by atoms with E-state index in [9.17, 15) is 18.8 Å². The van der Waals surface area contributed by atoms with E-state index in [1.165, 1.54) is 45.4 Å². The number of carbonyl (C=O) groups is 3. The summed E-state index contributed by atoms with van der Waals surface area (Å²) in [5.41, 5.74) is 4.56. The molecule has 1 aliphatic carbocycles. The second-order valence-electron chi connectivity index (χ2n) is 11.4. The van der Waals surface area contributed by atoms with Gasteiger partial charge in [-0.3, -0.25) is 9.59 Å². The largest absolute Gasteiger partial charge is 0.496 e. The average Bonchev–Trinajstić information content (AvgIpc) is 3.50. The molecule has 4 atom stereocenters. The summed E-state index contributed by atoms with van der Waals surface area (Å²) in [7, 11) is 1.49. The molecule has 2 aromatic rings. The first kappa shape index (κ1) is 29.0. The summed E-state index contributed by atoms with van der Waals surface area (Å²) in [6, 6.07) is 3.08. The van der Waals surface area contributed by atoms with E-state index in [2.05, 4.69) is 4.98 Å². The van der Waals surface area contributed by atoms with Crippen LogP contribution >= 0.6 is 0 Å². The smallest absolute Gasteiger partial charge is 0.328 e. The standard InChI is InChI=1S/C29H37FN4O7/c1-29(2,27(31)36)34-26(35)20-14-17(25-32-10-13-40-25)4-6-22(20)33(28(34)37)16-24(41-19-8-11-39-12-9-19)21-15-18(30)5-7-23(21)38-3/h5,7,10,13,15,17,19-20,22,24H,4,6,8-9,11-12,14,16H2,1-3H3,(H2,31,36)/t17?,20?,22?,24-/m0/s1. The van der Waals surface area contributed by atoms with E-state index in [1.807, 2.05) is 0 Å². The SMILES string of the molecule is COc1ccc(F)cc1[C@H](CN1C(=O)N(C(C)(C)C(N)=O)C(=O)C2CC(c3ncco3)CCC21)OC1CCOCC1. The second kappa shape index (κ2) is 11.8. The second-order valence-corrected chi connectivity index (χ2v) is 11.4. The number of methoxy groups -OCH3 is 1. The van der Waals surface area contributed by atoms with Crippen LogP contribution in [-0.4, -0.2) is 77.2 Å². The molecule has 1 saturated carbocycles. The van der Waals surface area contributed by atoms with E-state index in [-0.39, 0.29) is 18.6 Å². The molecule has 3 aliphatic rings. The van der Waals surface area contributed by atoms with Gasteiger partial charge in [0.1, 0.15) is 29.5 Å². The molecule has 2 aliphatic heterocycles. The zero-order chi connectivity index (χ0) is 29.3. The Bertz CT molecular complexity index is 1260. The molecule has 0 bridgehead atoms. The number of imide groups is 1. The van der Waals surface area contributed by atoms with Gasteiger partial charge in [0.05, 0.1) is 31.9 Å². The van der Waals surface area contributed by atoms with Crippen LogP contribution in [0.3, 0.4) is 0 Å². The van der Waals surface area contributed by atoms with Crippen molar-refractivity contribution in [3.63, 3.8) is 0 Å². The zero-order valence-electron chi connectivity index (χ0n) is 23.6. The van der Waals surface area contributed by atoms with Crippen molar-refractivity contribution in [1.82, 2.24) is 14.8 Å². The lowest BCUT2D eigenvalue weighted by molar-refractivity contribution is -0.153. The molecule has 3 heterocycles. The number of nitrogens with zero attached hydrogens (tertiary/aromatic N) is 3. The number of hydrogen-bond donors (Lipinski definition) is 1. The first-order valence-corrected chi connectivity index (χ1v) is 14.0. The molecule has 11 nitrogen and oxygen atoms in total. The Kier molecular flexibility index (Phi) is 8.32. The maximum absolute atomic E-state index is 14.6. The van der Waals surface area contributed by atoms with Crippen molar-refractivity contribution in [3.8, 4) is 5.75 Å². The Morgan fingerprint density at radius 3 is 2.63 bits per heavy atom. The van der Waals surface area contributed by atoms with E-state index in [0.717, 1.165) is 4.90 Å². The van der Waals surface area contributed by atoms with E-state index >= 15 is 0 Å². The Morgan fingerprint density at radius 1 is 1.22 bits per heavy atom. The maximum atomic E-state index is 14.6. The van der Waals surface area contributed by atoms with Crippen LogP contribution in [0, 0.1) is 11.7 Å². The number of ether oxygens (including phenoxy) is 3. The number of hydrogen-bond acceptors (Lipinski definition) is 8. The minimum Gasteiger partial charge on any atom is -0.496 e. The van der Waals surface area contributed by atoms with Gasteiger partial charge in [-0.2, -0.15) is 0 Å². The van der Waals surface area contributed by atoms with Gasteiger partial charge in [0.25, 0.3) is 0 Å². The lowest BCUT2D eigenvalue weighted by Gasteiger charge is -2.51. The molecule has 5 rings (SSSR count). The number of oxazole rings is 1. The number of carbonyl (C=O) groups excluding carboxylic acids is 3. The number of rotatable bonds is 9. The molecule has 222 valence electrons. The van der Waals surface area contributed by atoms with Crippen LogP contribution in [0.4, 0.5) is 9.18 Å². The zero-order valence-corrected chi connectivity index (χ0v) is 23.6. The van der Waals surface area contributed by atoms with Crippen molar-refractivity contribution in [2.24, 2.45) is 11.7 Å². The van der Waals surface area contributed by atoms with Crippen LogP contribution in [0.5, 0.6) is 5.75 Å². The number of amides is 4. The minimum atomic E-state index is -1.58. The summed E-state index contributed by atoms with van der Waals surface area (Å²) >= 11 is 0. The maximum Gasteiger partial charge on any atom is 0.328 e. The fourth-order valence-corrected chi connectivity index (χ4v) is 6.22. The van der Waals surface area contributed by atoms with Crippen molar-refractivity contribution in [2.75, 3.05) is 26.9 Å². The molecule has 0 spiro atoms. The summed E-state index contributed by atoms with van der Waals surface area (Å²) in [6.07, 6.45) is 4.92. The average molecular weight is 573 g/mol. The Balaban J connectivity index is 1.53. The van der Waals surface area contributed by atoms with Gasteiger partial charge in [0.2, 0.25) is 11.8 Å². The summed E-state index contributed by atoms with van der Waals surface area (Å²) < 4.78 is 37.7. The molecule has 1 aromatic carbocycles. The number of fused-ring (bicyclic) bond motifs is 1. The summed E-state index contributed by atoms with van der Waals surface area (Å²) in [6.45, 7) is 4.00. The van der Waals surface area contributed by atoms with Crippen LogP contribution in [0.1, 0.15) is 69.4 Å². The molecule has 2 saturated heterocycles. The van der Waals surface area contributed by atoms with E-state index in [1.54, 1.807) is 11.1 Å². The van der Waals surface area contributed by atoms with E-state index in [4.69, 9.17) is 24.4 Å². The van der Waals surface area contributed by atoms with Gasteiger partial charge in [-0.1, -0.05) is 0 Å². The lowest BCUT2D eigenvalue weighted by atomic mass is 9.74. The molecule has 1 aromatic heterocycles. The van der Waals surface area contributed by atoms with Crippen LogP contribution in [-0.2, 0) is 19.1 Å². The molecule has 41 heavy (non-hydrogen) atoms. The minimum absolute atomic E-state index is 0.0134. The molecular weight excluding hydrogens is 535 g/mol. The normalized spacial score (nSPS) is 24.7. The Morgan fingerprint density at radius 2 is 1.98 bits per heavy atom. The number of halogens is 1. The highest BCUT2D eigenvalue weighted by Crippen LogP contribution is 2.44. The highest BCUT2D eigenvalue weighted by molar-refractivity contribution is 6.04. The van der Waals surface area contributed by atoms with E-state index in [0.29, 0.717) is 62.5 Å². The van der Waals surface area contributed by atoms with Crippen molar-refractivity contribution in [2.45, 2.75) is 75.7 Å². The van der Waals surface area contributed by atoms with Gasteiger partial charge in [-0.05, 0) is 64.2 Å². The van der Waals surface area contributed by atoms with Gasteiger partial charge in [0, 0.05) is 30.7 Å². The van der Waals surface area contributed by atoms with Gasteiger partial charge in [-0.25, -0.2) is 19.1 Å².